The van der Waals surface area contributed by atoms with E-state index in [0.717, 1.165) is 6.42 Å². The number of rotatable bonds is 4. The molecule has 0 fully saturated rings. The monoisotopic (exact) mass is 239 g/mol. The maximum atomic E-state index is 13.7. The fourth-order valence-corrected chi connectivity index (χ4v) is 1.60. The Hall–Kier alpha value is -1.09. The molecule has 1 aromatic rings. The molecule has 1 unspecified atom stereocenters. The van der Waals surface area contributed by atoms with E-state index in [9.17, 15) is 4.39 Å². The van der Waals surface area contributed by atoms with E-state index < -0.39 is 0 Å². The van der Waals surface area contributed by atoms with Crippen LogP contribution in [-0.2, 0) is 6.42 Å². The summed E-state index contributed by atoms with van der Waals surface area (Å²) in [6, 6.07) is 5.03. The van der Waals surface area contributed by atoms with Crippen LogP contribution in [0.25, 0.3) is 0 Å². The first kappa shape index (κ1) is 14.0. The molecule has 0 aromatic heterocycles. The van der Waals surface area contributed by atoms with Gasteiger partial charge in [-0.25, -0.2) is 4.39 Å². The minimum atomic E-state index is -0.217. The van der Waals surface area contributed by atoms with Crippen molar-refractivity contribution in [3.05, 3.63) is 29.6 Å². The number of ether oxygens (including phenoxy) is 1. The second-order valence-corrected chi connectivity index (χ2v) is 5.47. The van der Waals surface area contributed by atoms with Crippen molar-refractivity contribution in [2.24, 2.45) is 11.1 Å². The molecule has 0 radical (unpaired) electrons. The van der Waals surface area contributed by atoms with Crippen molar-refractivity contribution in [1.29, 1.82) is 0 Å². The van der Waals surface area contributed by atoms with Gasteiger partial charge in [0.2, 0.25) is 0 Å². The maximum Gasteiger partial charge on any atom is 0.130 e. The van der Waals surface area contributed by atoms with E-state index in [1.54, 1.807) is 12.1 Å². The van der Waals surface area contributed by atoms with Gasteiger partial charge in [-0.1, -0.05) is 26.8 Å². The lowest BCUT2D eigenvalue weighted by molar-refractivity contribution is 0.305. The van der Waals surface area contributed by atoms with Gasteiger partial charge in [0.05, 0.1) is 7.11 Å². The van der Waals surface area contributed by atoms with Crippen LogP contribution in [0.2, 0.25) is 0 Å². The van der Waals surface area contributed by atoms with Crippen LogP contribution in [-0.4, -0.2) is 13.2 Å². The molecule has 1 rings (SSSR count). The zero-order valence-corrected chi connectivity index (χ0v) is 11.1. The first-order valence-electron chi connectivity index (χ1n) is 5.92. The average Bonchev–Trinajstić information content (AvgIpc) is 2.25. The molecule has 0 aliphatic heterocycles. The van der Waals surface area contributed by atoms with Crippen LogP contribution in [0.4, 0.5) is 4.39 Å². The number of methoxy groups -OCH3 is 1. The zero-order valence-electron chi connectivity index (χ0n) is 11.1. The fourth-order valence-electron chi connectivity index (χ4n) is 1.60. The predicted octanol–water partition coefficient (Wildman–Crippen LogP) is 3.14. The Morgan fingerprint density at radius 3 is 2.47 bits per heavy atom. The second kappa shape index (κ2) is 5.50. The molecule has 1 aromatic carbocycles. The molecule has 0 amide bonds. The van der Waals surface area contributed by atoms with Gasteiger partial charge in [0.25, 0.3) is 0 Å². The molecule has 17 heavy (non-hydrogen) atoms. The molecular formula is C14H22FNO. The number of aryl methyl sites for hydroxylation is 1. The van der Waals surface area contributed by atoms with Crippen LogP contribution in [0.3, 0.4) is 0 Å². The van der Waals surface area contributed by atoms with Gasteiger partial charge >= 0.3 is 0 Å². The Balaban J connectivity index is 2.64. The van der Waals surface area contributed by atoms with Gasteiger partial charge in [0.1, 0.15) is 11.6 Å². The largest absolute Gasteiger partial charge is 0.497 e. The highest BCUT2D eigenvalue weighted by Gasteiger charge is 2.20. The lowest BCUT2D eigenvalue weighted by atomic mass is 9.84. The number of hydrogen-bond acceptors (Lipinski definition) is 2. The van der Waals surface area contributed by atoms with E-state index >= 15 is 0 Å². The van der Waals surface area contributed by atoms with Gasteiger partial charge in [-0.15, -0.1) is 0 Å². The van der Waals surface area contributed by atoms with Gasteiger partial charge < -0.3 is 10.5 Å². The van der Waals surface area contributed by atoms with Gasteiger partial charge in [0.15, 0.2) is 0 Å². The minimum Gasteiger partial charge on any atom is -0.497 e. The summed E-state index contributed by atoms with van der Waals surface area (Å²) in [4.78, 5) is 0. The summed E-state index contributed by atoms with van der Waals surface area (Å²) in [5, 5.41) is 0. The number of hydrogen-bond donors (Lipinski definition) is 1. The minimum absolute atomic E-state index is 0.0585. The zero-order chi connectivity index (χ0) is 13.1. The summed E-state index contributed by atoms with van der Waals surface area (Å²) < 4.78 is 18.6. The Labute approximate surface area is 103 Å². The number of benzene rings is 1. The third-order valence-electron chi connectivity index (χ3n) is 3.10. The molecule has 0 aliphatic rings. The van der Waals surface area contributed by atoms with Crippen LogP contribution in [0.15, 0.2) is 18.2 Å². The maximum absolute atomic E-state index is 13.7. The van der Waals surface area contributed by atoms with Gasteiger partial charge in [-0.05, 0) is 29.9 Å². The first-order chi connectivity index (χ1) is 7.84. The van der Waals surface area contributed by atoms with Crippen LogP contribution >= 0.6 is 0 Å². The summed E-state index contributed by atoms with van der Waals surface area (Å²) in [6.07, 6.45) is 1.45. The average molecular weight is 239 g/mol. The highest BCUT2D eigenvalue weighted by Crippen LogP contribution is 2.23. The molecule has 0 spiro atoms. The van der Waals surface area contributed by atoms with Crippen LogP contribution in [0.1, 0.15) is 32.8 Å². The van der Waals surface area contributed by atoms with Crippen molar-refractivity contribution < 1.29 is 9.13 Å². The van der Waals surface area contributed by atoms with E-state index in [1.165, 1.54) is 13.2 Å². The summed E-state index contributed by atoms with van der Waals surface area (Å²) in [5.41, 5.74) is 6.82. The number of halogens is 1. The van der Waals surface area contributed by atoms with Crippen LogP contribution in [0.5, 0.6) is 5.75 Å². The lowest BCUT2D eigenvalue weighted by Gasteiger charge is -2.27. The topological polar surface area (TPSA) is 35.2 Å². The van der Waals surface area contributed by atoms with Crippen molar-refractivity contribution in [1.82, 2.24) is 0 Å². The van der Waals surface area contributed by atoms with Crippen molar-refractivity contribution in [3.8, 4) is 5.75 Å². The molecule has 0 bridgehead atoms. The summed E-state index contributed by atoms with van der Waals surface area (Å²) in [5.74, 6) is 0.330. The van der Waals surface area contributed by atoms with Gasteiger partial charge in [-0.2, -0.15) is 0 Å². The van der Waals surface area contributed by atoms with Crippen molar-refractivity contribution in [2.75, 3.05) is 7.11 Å². The smallest absolute Gasteiger partial charge is 0.130 e. The molecule has 2 N–H and O–H groups in total. The predicted molar refractivity (Wildman–Crippen MR) is 68.7 cm³/mol. The lowest BCUT2D eigenvalue weighted by Crippen LogP contribution is -2.35. The standard InChI is InChI=1S/C14H22FNO/c1-14(2,3)13(16)8-6-10-5-7-11(17-4)9-12(10)15/h5,7,9,13H,6,8,16H2,1-4H3. The molecule has 0 heterocycles. The van der Waals surface area contributed by atoms with Gasteiger partial charge in [-0.3, -0.25) is 0 Å². The molecule has 2 nitrogen and oxygen atoms in total. The fraction of sp³-hybridized carbons (Fsp3) is 0.571. The Bertz CT molecular complexity index is 371. The third-order valence-corrected chi connectivity index (χ3v) is 3.10. The molecular weight excluding hydrogens is 217 g/mol. The molecule has 0 saturated heterocycles. The van der Waals surface area contributed by atoms with E-state index in [0.29, 0.717) is 17.7 Å². The van der Waals surface area contributed by atoms with Crippen LogP contribution in [0, 0.1) is 11.2 Å². The molecule has 0 aliphatic carbocycles. The van der Waals surface area contributed by atoms with E-state index in [2.05, 4.69) is 20.8 Å². The van der Waals surface area contributed by atoms with Crippen LogP contribution < -0.4 is 10.5 Å². The quantitative estimate of drug-likeness (QED) is 0.876. The van der Waals surface area contributed by atoms with E-state index in [4.69, 9.17) is 10.5 Å². The molecule has 96 valence electrons. The summed E-state index contributed by atoms with van der Waals surface area (Å²) in [6.45, 7) is 6.30. The Kier molecular flexibility index (Phi) is 4.52. The third kappa shape index (κ3) is 4.00. The first-order valence-corrected chi connectivity index (χ1v) is 5.92. The van der Waals surface area contributed by atoms with Crippen molar-refractivity contribution in [3.63, 3.8) is 0 Å². The Morgan fingerprint density at radius 2 is 2.00 bits per heavy atom. The molecule has 3 heteroatoms. The highest BCUT2D eigenvalue weighted by molar-refractivity contribution is 5.29. The normalized spacial score (nSPS) is 13.5. The second-order valence-electron chi connectivity index (χ2n) is 5.47. The molecule has 1 atom stereocenters. The Morgan fingerprint density at radius 1 is 1.35 bits per heavy atom. The van der Waals surface area contributed by atoms with E-state index in [1.807, 2.05) is 0 Å². The van der Waals surface area contributed by atoms with Gasteiger partial charge in [0, 0.05) is 12.1 Å². The molecule has 0 saturated carbocycles. The number of nitrogens with two attached hydrogens (primary N) is 1. The summed E-state index contributed by atoms with van der Waals surface area (Å²) in [7, 11) is 1.53. The highest BCUT2D eigenvalue weighted by atomic mass is 19.1. The SMILES string of the molecule is COc1ccc(CCC(N)C(C)(C)C)c(F)c1. The van der Waals surface area contributed by atoms with Crippen molar-refractivity contribution in [2.45, 2.75) is 39.7 Å². The van der Waals surface area contributed by atoms with Crippen molar-refractivity contribution >= 4 is 0 Å². The van der Waals surface area contributed by atoms with E-state index in [-0.39, 0.29) is 17.3 Å². The summed E-state index contributed by atoms with van der Waals surface area (Å²) >= 11 is 0.